The van der Waals surface area contributed by atoms with Gasteiger partial charge in [-0.2, -0.15) is 0 Å². The van der Waals surface area contributed by atoms with E-state index in [1.54, 1.807) is 25.1 Å². The molecule has 0 aromatic heterocycles. The van der Waals surface area contributed by atoms with Crippen molar-refractivity contribution in [1.82, 2.24) is 5.32 Å². The minimum absolute atomic E-state index is 0.153. The van der Waals surface area contributed by atoms with E-state index in [1.807, 2.05) is 6.92 Å². The van der Waals surface area contributed by atoms with Crippen LogP contribution in [0.5, 0.6) is 5.75 Å². The Morgan fingerprint density at radius 1 is 1.59 bits per heavy atom. The summed E-state index contributed by atoms with van der Waals surface area (Å²) in [7, 11) is 0. The van der Waals surface area contributed by atoms with Gasteiger partial charge in [0, 0.05) is 12.2 Å². The Morgan fingerprint density at radius 3 is 2.88 bits per heavy atom. The maximum Gasteiger partial charge on any atom is 0.260 e. The lowest BCUT2D eigenvalue weighted by molar-refractivity contribution is -0.127. The number of nitrogen functional groups attached to an aromatic ring is 1. The van der Waals surface area contributed by atoms with E-state index >= 15 is 0 Å². The first kappa shape index (κ1) is 13.6. The van der Waals surface area contributed by atoms with Crippen molar-refractivity contribution < 1.29 is 9.53 Å². The maximum atomic E-state index is 11.6. The number of amides is 1. The number of carbonyl (C=O) groups is 1. The molecule has 1 rings (SSSR count). The van der Waals surface area contributed by atoms with E-state index in [9.17, 15) is 4.79 Å². The molecule has 1 amide bonds. The summed E-state index contributed by atoms with van der Waals surface area (Å²) < 4.78 is 5.46. The van der Waals surface area contributed by atoms with Crippen LogP contribution in [-0.4, -0.2) is 18.6 Å². The molecular formula is C12H17ClN2O2. The highest BCUT2D eigenvalue weighted by Crippen LogP contribution is 2.27. The summed E-state index contributed by atoms with van der Waals surface area (Å²) in [6, 6.07) is 4.92. The number of nitrogens with two attached hydrogens (primary N) is 1. The molecule has 1 atom stereocenters. The molecular weight excluding hydrogens is 240 g/mol. The van der Waals surface area contributed by atoms with Crippen LogP contribution in [0.4, 0.5) is 5.69 Å². The highest BCUT2D eigenvalue weighted by Gasteiger charge is 2.15. The summed E-state index contributed by atoms with van der Waals surface area (Å²) in [5, 5.41) is 3.15. The largest absolute Gasteiger partial charge is 0.479 e. The molecule has 0 fully saturated rings. The number of benzene rings is 1. The summed E-state index contributed by atoms with van der Waals surface area (Å²) in [6.07, 6.45) is 0.309. The third-order valence-corrected chi connectivity index (χ3v) is 2.47. The lowest BCUT2D eigenvalue weighted by Crippen LogP contribution is -2.36. The third kappa shape index (κ3) is 4.15. The van der Waals surface area contributed by atoms with Gasteiger partial charge in [0.2, 0.25) is 0 Å². The average Bonchev–Trinajstić information content (AvgIpc) is 2.29. The van der Waals surface area contributed by atoms with Gasteiger partial charge in [0.1, 0.15) is 5.75 Å². The standard InChI is InChI=1S/C12H17ClN2O2/c1-3-6-15-12(16)8(2)17-11-5-4-9(14)7-10(11)13/h4-5,7-8H,3,6,14H2,1-2H3,(H,15,16). The van der Waals surface area contributed by atoms with Gasteiger partial charge in [-0.05, 0) is 31.5 Å². The van der Waals surface area contributed by atoms with Gasteiger partial charge in [-0.3, -0.25) is 4.79 Å². The molecule has 1 aromatic carbocycles. The molecule has 0 aliphatic heterocycles. The van der Waals surface area contributed by atoms with Crippen LogP contribution >= 0.6 is 11.6 Å². The Balaban J connectivity index is 2.61. The number of nitrogens with one attached hydrogen (secondary N) is 1. The highest BCUT2D eigenvalue weighted by molar-refractivity contribution is 6.32. The Kier molecular flexibility index (Phi) is 5.10. The van der Waals surface area contributed by atoms with E-state index in [0.29, 0.717) is 23.0 Å². The first-order valence-corrected chi connectivity index (χ1v) is 5.91. The summed E-state index contributed by atoms with van der Waals surface area (Å²) >= 11 is 5.95. The zero-order valence-corrected chi connectivity index (χ0v) is 10.8. The average molecular weight is 257 g/mol. The fourth-order valence-electron chi connectivity index (χ4n) is 1.25. The second-order valence-electron chi connectivity index (χ2n) is 3.74. The molecule has 94 valence electrons. The maximum absolute atomic E-state index is 11.6. The molecule has 0 spiro atoms. The van der Waals surface area contributed by atoms with Crippen molar-refractivity contribution in [2.75, 3.05) is 12.3 Å². The predicted octanol–water partition coefficient (Wildman–Crippen LogP) is 2.22. The number of carbonyl (C=O) groups excluding carboxylic acids is 1. The van der Waals surface area contributed by atoms with Crippen molar-refractivity contribution >= 4 is 23.2 Å². The first-order chi connectivity index (χ1) is 8.04. The first-order valence-electron chi connectivity index (χ1n) is 5.54. The van der Waals surface area contributed by atoms with E-state index in [1.165, 1.54) is 0 Å². The van der Waals surface area contributed by atoms with E-state index in [4.69, 9.17) is 22.1 Å². The van der Waals surface area contributed by atoms with Crippen LogP contribution in [0.2, 0.25) is 5.02 Å². The van der Waals surface area contributed by atoms with Crippen molar-refractivity contribution in [2.24, 2.45) is 0 Å². The number of halogens is 1. The molecule has 4 nitrogen and oxygen atoms in total. The topological polar surface area (TPSA) is 64.3 Å². The van der Waals surface area contributed by atoms with Gasteiger partial charge in [0.25, 0.3) is 5.91 Å². The monoisotopic (exact) mass is 256 g/mol. The molecule has 0 radical (unpaired) electrons. The minimum atomic E-state index is -0.581. The van der Waals surface area contributed by atoms with Gasteiger partial charge in [0.05, 0.1) is 5.02 Å². The lowest BCUT2D eigenvalue weighted by Gasteiger charge is -2.15. The van der Waals surface area contributed by atoms with Crippen molar-refractivity contribution in [3.05, 3.63) is 23.2 Å². The normalized spacial score (nSPS) is 11.9. The summed E-state index contributed by atoms with van der Waals surface area (Å²) in [6.45, 7) is 4.31. The number of rotatable bonds is 5. The van der Waals surface area contributed by atoms with E-state index in [0.717, 1.165) is 6.42 Å². The number of hydrogen-bond acceptors (Lipinski definition) is 3. The van der Waals surface area contributed by atoms with Crippen LogP contribution in [-0.2, 0) is 4.79 Å². The number of ether oxygens (including phenoxy) is 1. The van der Waals surface area contributed by atoms with Crippen LogP contribution in [0.25, 0.3) is 0 Å². The molecule has 0 heterocycles. The Labute approximate surface area is 106 Å². The molecule has 17 heavy (non-hydrogen) atoms. The number of anilines is 1. The molecule has 0 aliphatic carbocycles. The van der Waals surface area contributed by atoms with Gasteiger partial charge >= 0.3 is 0 Å². The van der Waals surface area contributed by atoms with Gasteiger partial charge in [0.15, 0.2) is 6.10 Å². The second-order valence-corrected chi connectivity index (χ2v) is 4.15. The molecule has 1 unspecified atom stereocenters. The van der Waals surface area contributed by atoms with Crippen LogP contribution in [0, 0.1) is 0 Å². The molecule has 0 saturated carbocycles. The van der Waals surface area contributed by atoms with Crippen molar-refractivity contribution in [3.8, 4) is 5.75 Å². The van der Waals surface area contributed by atoms with Crippen LogP contribution < -0.4 is 15.8 Å². The van der Waals surface area contributed by atoms with Crippen molar-refractivity contribution in [1.29, 1.82) is 0 Å². The third-order valence-electron chi connectivity index (χ3n) is 2.18. The van der Waals surface area contributed by atoms with E-state index in [-0.39, 0.29) is 5.91 Å². The van der Waals surface area contributed by atoms with E-state index < -0.39 is 6.10 Å². The zero-order valence-electron chi connectivity index (χ0n) is 10.00. The molecule has 0 bridgehead atoms. The highest BCUT2D eigenvalue weighted by atomic mass is 35.5. The molecule has 0 saturated heterocycles. The minimum Gasteiger partial charge on any atom is -0.479 e. The molecule has 3 N–H and O–H groups in total. The van der Waals surface area contributed by atoms with Gasteiger partial charge < -0.3 is 15.8 Å². The van der Waals surface area contributed by atoms with Gasteiger partial charge in [-0.25, -0.2) is 0 Å². The Morgan fingerprint density at radius 2 is 2.29 bits per heavy atom. The summed E-state index contributed by atoms with van der Waals surface area (Å²) in [4.78, 5) is 11.6. The molecule has 5 heteroatoms. The smallest absolute Gasteiger partial charge is 0.260 e. The fourth-order valence-corrected chi connectivity index (χ4v) is 1.48. The van der Waals surface area contributed by atoms with Crippen molar-refractivity contribution in [3.63, 3.8) is 0 Å². The van der Waals surface area contributed by atoms with Crippen molar-refractivity contribution in [2.45, 2.75) is 26.4 Å². The summed E-state index contributed by atoms with van der Waals surface area (Å²) in [5.41, 5.74) is 6.13. The lowest BCUT2D eigenvalue weighted by atomic mass is 10.3. The van der Waals surface area contributed by atoms with E-state index in [2.05, 4.69) is 5.32 Å². The Bertz CT molecular complexity index is 396. The second kappa shape index (κ2) is 6.35. The van der Waals surface area contributed by atoms with Crippen LogP contribution in [0.3, 0.4) is 0 Å². The molecule has 1 aromatic rings. The summed E-state index contributed by atoms with van der Waals surface area (Å²) in [5.74, 6) is 0.305. The zero-order chi connectivity index (χ0) is 12.8. The SMILES string of the molecule is CCCNC(=O)C(C)Oc1ccc(N)cc1Cl. The number of hydrogen-bond donors (Lipinski definition) is 2. The van der Waals surface area contributed by atoms with Crippen LogP contribution in [0.1, 0.15) is 20.3 Å². The predicted molar refractivity (Wildman–Crippen MR) is 69.3 cm³/mol. The quantitative estimate of drug-likeness (QED) is 0.794. The van der Waals surface area contributed by atoms with Gasteiger partial charge in [-0.1, -0.05) is 18.5 Å². The molecule has 0 aliphatic rings. The fraction of sp³-hybridized carbons (Fsp3) is 0.417. The van der Waals surface area contributed by atoms with Crippen LogP contribution in [0.15, 0.2) is 18.2 Å². The Hall–Kier alpha value is -1.42. The van der Waals surface area contributed by atoms with Gasteiger partial charge in [-0.15, -0.1) is 0 Å².